The molecule has 14 nitrogen and oxygen atoms in total. The van der Waals surface area contributed by atoms with Gasteiger partial charge in [-0.25, -0.2) is 0 Å². The van der Waals surface area contributed by atoms with E-state index in [1.165, 1.54) is 31.5 Å². The lowest BCUT2D eigenvalue weighted by Gasteiger charge is -2.27. The van der Waals surface area contributed by atoms with Crippen LogP contribution in [0.2, 0.25) is 5.02 Å². The van der Waals surface area contributed by atoms with Crippen LogP contribution in [0.15, 0.2) is 116 Å². The maximum Gasteiger partial charge on any atom is 0.245 e. The van der Waals surface area contributed by atoms with E-state index in [0.717, 1.165) is 16.3 Å². The second kappa shape index (κ2) is 21.2. The molecule has 0 bridgehead atoms. The van der Waals surface area contributed by atoms with Gasteiger partial charge in [-0.1, -0.05) is 84.4 Å². The predicted octanol–water partition coefficient (Wildman–Crippen LogP) is 2.50. The van der Waals surface area contributed by atoms with Crippen LogP contribution in [-0.4, -0.2) is 87.8 Å². The number of aliphatic hydroxyl groups is 1. The molecular weight excluding hydrogens is 776 g/mol. The fourth-order valence-electron chi connectivity index (χ4n) is 6.40. The first-order valence-corrected chi connectivity index (χ1v) is 19.2. The summed E-state index contributed by atoms with van der Waals surface area (Å²) in [5.74, 6) is -3.54. The van der Waals surface area contributed by atoms with Crippen LogP contribution in [0.25, 0.3) is 10.8 Å². The van der Waals surface area contributed by atoms with Crippen molar-refractivity contribution in [2.24, 2.45) is 0 Å². The molecule has 1 aromatic heterocycles. The number of aromatic nitrogens is 1. The van der Waals surface area contributed by atoms with Crippen molar-refractivity contribution in [3.63, 3.8) is 0 Å². The van der Waals surface area contributed by atoms with Crippen LogP contribution in [0.5, 0.6) is 5.75 Å². The summed E-state index contributed by atoms with van der Waals surface area (Å²) in [6.45, 7) is 0.446. The van der Waals surface area contributed by atoms with Crippen molar-refractivity contribution in [2.75, 3.05) is 6.61 Å². The number of phenols is 1. The number of aldehydes is 1. The van der Waals surface area contributed by atoms with Gasteiger partial charge in [0.05, 0.1) is 12.6 Å². The van der Waals surface area contributed by atoms with Gasteiger partial charge in [-0.2, -0.15) is 0 Å². The van der Waals surface area contributed by atoms with Crippen LogP contribution in [0.4, 0.5) is 0 Å². The molecular formula is C44H45ClN6O8. The Morgan fingerprint density at radius 3 is 1.73 bits per heavy atom. The minimum Gasteiger partial charge on any atom is -0.508 e. The Morgan fingerprint density at radius 2 is 1.14 bits per heavy atom. The Bertz CT molecular complexity index is 2240. The summed E-state index contributed by atoms with van der Waals surface area (Å²) < 4.78 is 0. The summed E-state index contributed by atoms with van der Waals surface area (Å²) in [6.07, 6.45) is 3.61. The minimum atomic E-state index is -1.52. The number of benzene rings is 4. The molecule has 0 aliphatic rings. The van der Waals surface area contributed by atoms with Gasteiger partial charge in [-0.15, -0.1) is 0 Å². The molecule has 0 saturated heterocycles. The third kappa shape index (κ3) is 13.2. The lowest BCUT2D eigenvalue weighted by atomic mass is 9.99. The molecule has 1 unspecified atom stereocenters. The van der Waals surface area contributed by atoms with E-state index in [1.54, 1.807) is 48.5 Å². The number of nitrogens with zero attached hydrogens (tertiary/aromatic N) is 1. The van der Waals surface area contributed by atoms with Gasteiger partial charge < -0.3 is 41.6 Å². The van der Waals surface area contributed by atoms with E-state index >= 15 is 0 Å². The monoisotopic (exact) mass is 820 g/mol. The third-order valence-corrected chi connectivity index (χ3v) is 9.68. The number of rotatable bonds is 19. The summed E-state index contributed by atoms with van der Waals surface area (Å²) in [6, 6.07) is 23.2. The molecule has 15 heteroatoms. The van der Waals surface area contributed by atoms with E-state index < -0.39 is 66.4 Å². The van der Waals surface area contributed by atoms with Crippen molar-refractivity contribution >= 4 is 58.2 Å². The van der Waals surface area contributed by atoms with Gasteiger partial charge in [-0.3, -0.25) is 29.0 Å². The lowest BCUT2D eigenvalue weighted by molar-refractivity contribution is -0.135. The molecule has 5 amide bonds. The Balaban J connectivity index is 1.36. The molecule has 0 spiro atoms. The Kier molecular flexibility index (Phi) is 15.6. The van der Waals surface area contributed by atoms with Crippen molar-refractivity contribution in [3.8, 4) is 5.75 Å². The van der Waals surface area contributed by atoms with Crippen molar-refractivity contribution in [1.29, 1.82) is 0 Å². The van der Waals surface area contributed by atoms with Crippen molar-refractivity contribution in [2.45, 2.75) is 62.8 Å². The molecule has 59 heavy (non-hydrogen) atoms. The van der Waals surface area contributed by atoms with E-state index in [0.29, 0.717) is 28.0 Å². The molecule has 0 fully saturated rings. The number of fused-ring (bicyclic) bond motifs is 1. The number of amides is 5. The number of aromatic hydroxyl groups is 1. The molecule has 0 aliphatic carbocycles. The zero-order chi connectivity index (χ0) is 42.3. The van der Waals surface area contributed by atoms with Gasteiger partial charge in [0.15, 0.2) is 0 Å². The Hall–Kier alpha value is -6.64. The highest BCUT2D eigenvalue weighted by molar-refractivity contribution is 6.30. The summed E-state index contributed by atoms with van der Waals surface area (Å²) >= 11 is 6.12. The molecule has 5 rings (SSSR count). The van der Waals surface area contributed by atoms with Crippen LogP contribution < -0.4 is 26.6 Å². The van der Waals surface area contributed by atoms with E-state index in [9.17, 15) is 39.0 Å². The molecule has 5 aromatic rings. The van der Waals surface area contributed by atoms with Crippen LogP contribution in [-0.2, 0) is 54.5 Å². The summed E-state index contributed by atoms with van der Waals surface area (Å²) in [5.41, 5.74) is 2.59. The normalized spacial score (nSPS) is 13.5. The molecule has 4 aromatic carbocycles. The van der Waals surface area contributed by atoms with Crippen molar-refractivity contribution < 1.29 is 39.0 Å². The van der Waals surface area contributed by atoms with Crippen LogP contribution >= 0.6 is 11.6 Å². The van der Waals surface area contributed by atoms with Gasteiger partial charge in [-0.05, 0) is 69.8 Å². The first kappa shape index (κ1) is 43.5. The number of carbonyl (C=O) groups excluding carboxylic acids is 6. The number of hydrogen-bond acceptors (Lipinski definition) is 9. The molecule has 306 valence electrons. The fourth-order valence-corrected chi connectivity index (χ4v) is 6.52. The Labute approximate surface area is 345 Å². The number of phenolic OH excluding ortho intramolecular Hbond substituents is 1. The number of carbonyl (C=O) groups is 6. The zero-order valence-corrected chi connectivity index (χ0v) is 32.9. The number of aliphatic hydroxyl groups excluding tert-OH is 1. The highest BCUT2D eigenvalue weighted by Gasteiger charge is 2.32. The number of halogens is 1. The molecule has 0 saturated carbocycles. The van der Waals surface area contributed by atoms with Crippen LogP contribution in [0.3, 0.4) is 0 Å². The van der Waals surface area contributed by atoms with Gasteiger partial charge in [0.25, 0.3) is 0 Å². The predicted molar refractivity (Wildman–Crippen MR) is 221 cm³/mol. The first-order chi connectivity index (χ1) is 28.4. The molecule has 0 radical (unpaired) electrons. The van der Waals surface area contributed by atoms with E-state index in [-0.39, 0.29) is 31.4 Å². The second-order valence-electron chi connectivity index (χ2n) is 14.0. The molecule has 7 N–H and O–H groups in total. The molecule has 0 aliphatic heterocycles. The maximum absolute atomic E-state index is 14.3. The fraction of sp³-hybridized carbons (Fsp3) is 0.250. The van der Waals surface area contributed by atoms with Gasteiger partial charge in [0.2, 0.25) is 29.5 Å². The average molecular weight is 821 g/mol. The van der Waals surface area contributed by atoms with Crippen LogP contribution in [0, 0.1) is 0 Å². The third-order valence-electron chi connectivity index (χ3n) is 9.43. The zero-order valence-electron chi connectivity index (χ0n) is 32.1. The van der Waals surface area contributed by atoms with E-state index in [4.69, 9.17) is 11.6 Å². The number of pyridine rings is 1. The summed E-state index contributed by atoms with van der Waals surface area (Å²) in [4.78, 5) is 83.7. The lowest BCUT2D eigenvalue weighted by Crippen LogP contribution is -2.60. The minimum absolute atomic E-state index is 0.0290. The topological polar surface area (TPSA) is 216 Å². The van der Waals surface area contributed by atoms with Gasteiger partial charge in [0, 0.05) is 43.6 Å². The quantitative estimate of drug-likeness (QED) is 0.0609. The summed E-state index contributed by atoms with van der Waals surface area (Å²) in [5, 5.41) is 35.3. The summed E-state index contributed by atoms with van der Waals surface area (Å²) in [7, 11) is 0. The van der Waals surface area contributed by atoms with Gasteiger partial charge in [0.1, 0.15) is 36.2 Å². The van der Waals surface area contributed by atoms with E-state index in [1.807, 2.05) is 42.5 Å². The number of hydrogen-bond donors (Lipinski definition) is 7. The number of nitrogens with one attached hydrogen (secondary N) is 5. The highest BCUT2D eigenvalue weighted by Crippen LogP contribution is 2.18. The SMILES string of the molecule is CC(=O)N[C@H](Cc1ccc2ccccc2c1)C(=O)N[C@H](Cc1ccc(Cl)cc1)C(=O)N[C@H](Cc1cccnc1)C(=O)NC(CO)C(=O)N[C@H](C=O)Cc1ccc(O)cc1. The van der Waals surface area contributed by atoms with Crippen molar-refractivity contribution in [3.05, 3.63) is 143 Å². The van der Waals surface area contributed by atoms with E-state index in [2.05, 4.69) is 31.6 Å². The second-order valence-corrected chi connectivity index (χ2v) is 14.5. The molecule has 5 atom stereocenters. The smallest absolute Gasteiger partial charge is 0.245 e. The maximum atomic E-state index is 14.3. The van der Waals surface area contributed by atoms with Gasteiger partial charge >= 0.3 is 0 Å². The first-order valence-electron chi connectivity index (χ1n) is 18.8. The van der Waals surface area contributed by atoms with Crippen molar-refractivity contribution in [1.82, 2.24) is 31.6 Å². The Morgan fingerprint density at radius 1 is 0.610 bits per heavy atom. The van der Waals surface area contributed by atoms with Crippen LogP contribution in [0.1, 0.15) is 29.2 Å². The largest absolute Gasteiger partial charge is 0.508 e. The highest BCUT2D eigenvalue weighted by atomic mass is 35.5. The molecule has 1 heterocycles. The standard InChI is InChI=1S/C44H45ClN6O8/c1-27(54)47-37(22-30-8-13-32-6-2-3-7-33(32)19-30)41(56)49-38(21-29-9-14-34(45)15-10-29)42(57)50-39(23-31-5-4-18-46-24-31)43(58)51-40(26-53)44(59)48-35(25-52)20-28-11-16-36(55)17-12-28/h2-19,24-25,35,37-40,53,55H,20-23,26H2,1H3,(H,47,54)(H,48,59)(H,49,56)(H,50,57)(H,51,58)/t35-,37+,38+,39+,40?/m0/s1. The average Bonchev–Trinajstić information content (AvgIpc) is 3.23.